The molecule has 0 radical (unpaired) electrons. The van der Waals surface area contributed by atoms with Crippen LogP contribution in [0.2, 0.25) is 0 Å². The van der Waals surface area contributed by atoms with Gasteiger partial charge < -0.3 is 14.6 Å². The summed E-state index contributed by atoms with van der Waals surface area (Å²) in [6, 6.07) is 8.51. The van der Waals surface area contributed by atoms with Gasteiger partial charge in [-0.2, -0.15) is 0 Å². The van der Waals surface area contributed by atoms with Crippen LogP contribution in [-0.4, -0.2) is 21.4 Å². The van der Waals surface area contributed by atoms with E-state index in [4.69, 9.17) is 4.74 Å². The highest BCUT2D eigenvalue weighted by Crippen LogP contribution is 2.31. The van der Waals surface area contributed by atoms with Crippen LogP contribution in [0.15, 0.2) is 30.6 Å². The number of para-hydroxylation sites is 1. The highest BCUT2D eigenvalue weighted by Gasteiger charge is 2.20. The Kier molecular flexibility index (Phi) is 2.98. The van der Waals surface area contributed by atoms with Crippen LogP contribution in [0.1, 0.15) is 23.9 Å². The zero-order chi connectivity index (χ0) is 12.4. The number of rotatable bonds is 3. The Morgan fingerprint density at radius 2 is 2.33 bits per heavy atom. The van der Waals surface area contributed by atoms with Crippen LogP contribution in [0.4, 0.5) is 0 Å². The highest BCUT2D eigenvalue weighted by molar-refractivity contribution is 5.37. The number of nitrogens with zero attached hydrogens (tertiary/aromatic N) is 3. The molecule has 0 saturated carbocycles. The molecular weight excluding hydrogens is 228 g/mol. The molecule has 5 heteroatoms. The Labute approximate surface area is 106 Å². The molecule has 5 nitrogen and oxygen atoms in total. The molecule has 0 spiro atoms. The minimum atomic E-state index is 0.326. The van der Waals surface area contributed by atoms with Gasteiger partial charge in [-0.15, -0.1) is 10.2 Å². The van der Waals surface area contributed by atoms with Crippen LogP contribution in [0.3, 0.4) is 0 Å². The molecule has 94 valence electrons. The monoisotopic (exact) mass is 244 g/mol. The molecular formula is C13H16N4O. The molecule has 0 saturated heterocycles. The van der Waals surface area contributed by atoms with Gasteiger partial charge in [-0.25, -0.2) is 0 Å². The number of benzene rings is 1. The van der Waals surface area contributed by atoms with Crippen molar-refractivity contribution >= 4 is 0 Å². The average molecular weight is 244 g/mol. The maximum Gasteiger partial charge on any atom is 0.146 e. The second-order valence-electron chi connectivity index (χ2n) is 4.47. The smallest absolute Gasteiger partial charge is 0.146 e. The van der Waals surface area contributed by atoms with E-state index in [2.05, 4.69) is 21.6 Å². The zero-order valence-corrected chi connectivity index (χ0v) is 10.3. The first kappa shape index (κ1) is 11.2. The molecule has 1 atom stereocenters. The summed E-state index contributed by atoms with van der Waals surface area (Å²) in [5.41, 5.74) is 1.23. The summed E-state index contributed by atoms with van der Waals surface area (Å²) in [6.45, 7) is 1.48. The Balaban J connectivity index is 1.73. The van der Waals surface area contributed by atoms with Crippen molar-refractivity contribution < 1.29 is 4.74 Å². The molecule has 1 aliphatic rings. The molecule has 1 unspecified atom stereocenters. The summed E-state index contributed by atoms with van der Waals surface area (Å²) in [7, 11) is 1.95. The molecule has 2 aromatic rings. The molecule has 0 amide bonds. The lowest BCUT2D eigenvalue weighted by atomic mass is 10.0. The van der Waals surface area contributed by atoms with Crippen molar-refractivity contribution in [3.8, 4) is 5.75 Å². The molecule has 1 aromatic carbocycles. The van der Waals surface area contributed by atoms with Gasteiger partial charge in [-0.05, 0) is 6.07 Å². The molecule has 18 heavy (non-hydrogen) atoms. The second kappa shape index (κ2) is 4.78. The van der Waals surface area contributed by atoms with Gasteiger partial charge >= 0.3 is 0 Å². The maximum atomic E-state index is 5.64. The zero-order valence-electron chi connectivity index (χ0n) is 10.3. The summed E-state index contributed by atoms with van der Waals surface area (Å²) in [5, 5.41) is 11.5. The average Bonchev–Trinajstić information content (AvgIpc) is 2.82. The first-order valence-corrected chi connectivity index (χ1v) is 6.12. The number of ether oxygens (including phenoxy) is 1. The van der Waals surface area contributed by atoms with E-state index >= 15 is 0 Å². The van der Waals surface area contributed by atoms with Crippen LogP contribution < -0.4 is 10.1 Å². The van der Waals surface area contributed by atoms with E-state index in [1.54, 1.807) is 6.33 Å². The molecule has 1 N–H and O–H groups in total. The normalized spacial score (nSPS) is 18.2. The van der Waals surface area contributed by atoms with Gasteiger partial charge in [0.1, 0.15) is 17.9 Å². The minimum absolute atomic E-state index is 0.326. The van der Waals surface area contributed by atoms with E-state index in [0.29, 0.717) is 6.04 Å². The number of aromatic nitrogens is 3. The number of nitrogens with one attached hydrogen (secondary N) is 1. The summed E-state index contributed by atoms with van der Waals surface area (Å²) < 4.78 is 7.57. The molecule has 3 rings (SSSR count). The molecule has 1 aliphatic heterocycles. The van der Waals surface area contributed by atoms with Crippen molar-refractivity contribution in [1.82, 2.24) is 20.1 Å². The SMILES string of the molecule is Cn1cnnc1CNC1CCOc2ccccc21. The minimum Gasteiger partial charge on any atom is -0.493 e. The molecule has 0 fully saturated rings. The van der Waals surface area contributed by atoms with Gasteiger partial charge in [-0.1, -0.05) is 18.2 Å². The van der Waals surface area contributed by atoms with Crippen molar-refractivity contribution in [2.24, 2.45) is 7.05 Å². The van der Waals surface area contributed by atoms with Crippen LogP contribution in [0.25, 0.3) is 0 Å². The summed E-state index contributed by atoms with van der Waals surface area (Å²) in [6.07, 6.45) is 2.70. The van der Waals surface area contributed by atoms with Gasteiger partial charge in [0.15, 0.2) is 0 Å². The number of fused-ring (bicyclic) bond motifs is 1. The topological polar surface area (TPSA) is 52.0 Å². The summed E-state index contributed by atoms with van der Waals surface area (Å²) in [5.74, 6) is 1.93. The standard InChI is InChI=1S/C13H16N4O/c1-17-9-15-16-13(17)8-14-11-6-7-18-12-5-3-2-4-10(11)12/h2-5,9,11,14H,6-8H2,1H3. The van der Waals surface area contributed by atoms with Crippen molar-refractivity contribution in [3.63, 3.8) is 0 Å². The van der Waals surface area contributed by atoms with E-state index in [0.717, 1.165) is 31.1 Å². The van der Waals surface area contributed by atoms with Crippen molar-refractivity contribution in [2.75, 3.05) is 6.61 Å². The largest absolute Gasteiger partial charge is 0.493 e. The molecule has 2 heterocycles. The molecule has 1 aromatic heterocycles. The first-order chi connectivity index (χ1) is 8.84. The Bertz CT molecular complexity index is 537. The van der Waals surface area contributed by atoms with Crippen molar-refractivity contribution in [1.29, 1.82) is 0 Å². The van der Waals surface area contributed by atoms with Crippen molar-refractivity contribution in [3.05, 3.63) is 42.0 Å². The summed E-state index contributed by atoms with van der Waals surface area (Å²) >= 11 is 0. The second-order valence-corrected chi connectivity index (χ2v) is 4.47. The lowest BCUT2D eigenvalue weighted by Crippen LogP contribution is -2.27. The van der Waals surface area contributed by atoms with Gasteiger partial charge in [-0.3, -0.25) is 0 Å². The molecule has 0 bridgehead atoms. The fourth-order valence-corrected chi connectivity index (χ4v) is 2.24. The van der Waals surface area contributed by atoms with Gasteiger partial charge in [0.25, 0.3) is 0 Å². The van der Waals surface area contributed by atoms with E-state index in [1.807, 2.05) is 29.8 Å². The lowest BCUT2D eigenvalue weighted by Gasteiger charge is -2.26. The van der Waals surface area contributed by atoms with Gasteiger partial charge in [0.05, 0.1) is 13.2 Å². The van der Waals surface area contributed by atoms with Crippen LogP contribution >= 0.6 is 0 Å². The van der Waals surface area contributed by atoms with E-state index < -0.39 is 0 Å². The van der Waals surface area contributed by atoms with Crippen LogP contribution in [-0.2, 0) is 13.6 Å². The number of hydrogen-bond donors (Lipinski definition) is 1. The fourth-order valence-electron chi connectivity index (χ4n) is 2.24. The van der Waals surface area contributed by atoms with Crippen molar-refractivity contribution in [2.45, 2.75) is 19.0 Å². The van der Waals surface area contributed by atoms with E-state index in [-0.39, 0.29) is 0 Å². The third-order valence-corrected chi connectivity index (χ3v) is 3.27. The van der Waals surface area contributed by atoms with Crippen LogP contribution in [0, 0.1) is 0 Å². The third kappa shape index (κ3) is 2.09. The van der Waals surface area contributed by atoms with Crippen LogP contribution in [0.5, 0.6) is 5.75 Å². The quantitative estimate of drug-likeness (QED) is 0.887. The first-order valence-electron chi connectivity index (χ1n) is 6.12. The van der Waals surface area contributed by atoms with Gasteiger partial charge in [0.2, 0.25) is 0 Å². The molecule has 0 aliphatic carbocycles. The third-order valence-electron chi connectivity index (χ3n) is 3.27. The lowest BCUT2D eigenvalue weighted by molar-refractivity contribution is 0.251. The van der Waals surface area contributed by atoms with Gasteiger partial charge in [0, 0.05) is 25.1 Å². The number of hydrogen-bond acceptors (Lipinski definition) is 4. The van der Waals surface area contributed by atoms with E-state index in [9.17, 15) is 0 Å². The predicted octanol–water partition coefficient (Wildman–Crippen LogP) is 1.43. The highest BCUT2D eigenvalue weighted by atomic mass is 16.5. The Hall–Kier alpha value is -1.88. The fraction of sp³-hybridized carbons (Fsp3) is 0.385. The Morgan fingerprint density at radius 3 is 3.17 bits per heavy atom. The maximum absolute atomic E-state index is 5.64. The summed E-state index contributed by atoms with van der Waals surface area (Å²) in [4.78, 5) is 0. The van der Waals surface area contributed by atoms with E-state index in [1.165, 1.54) is 5.56 Å². The Morgan fingerprint density at radius 1 is 1.44 bits per heavy atom. The predicted molar refractivity (Wildman–Crippen MR) is 67.1 cm³/mol. The number of aryl methyl sites for hydroxylation is 1.